The van der Waals surface area contributed by atoms with Crippen LogP contribution < -0.4 is 22.1 Å². The Hall–Kier alpha value is -2.71. The lowest BCUT2D eigenvalue weighted by Gasteiger charge is -2.12. The van der Waals surface area contributed by atoms with Gasteiger partial charge in [-0.3, -0.25) is 18.7 Å². The van der Waals surface area contributed by atoms with E-state index in [4.69, 9.17) is 4.74 Å². The molecule has 1 fully saturated rings. The number of carbonyl (C=O) groups excluding carboxylic acids is 1. The fourth-order valence-corrected chi connectivity index (χ4v) is 2.78. The van der Waals surface area contributed by atoms with Crippen LogP contribution in [0.25, 0.3) is 0 Å². The quantitative estimate of drug-likeness (QED) is 0.742. The number of aromatic nitrogens is 2. The lowest BCUT2D eigenvalue weighted by Crippen LogP contribution is -2.39. The summed E-state index contributed by atoms with van der Waals surface area (Å²) in [5, 5.41) is 0. The lowest BCUT2D eigenvalue weighted by molar-refractivity contribution is -0.147. The minimum absolute atomic E-state index is 0.0205. The summed E-state index contributed by atoms with van der Waals surface area (Å²) in [6, 6.07) is 10.6. The third-order valence-corrected chi connectivity index (χ3v) is 4.38. The van der Waals surface area contributed by atoms with Crippen molar-refractivity contribution in [2.45, 2.75) is 25.1 Å². The minimum Gasteiger partial charge on any atom is -0.458 e. The van der Waals surface area contributed by atoms with E-state index < -0.39 is 23.3 Å². The Morgan fingerprint density at radius 2 is 1.88 bits per heavy atom. The number of ether oxygens (including phenoxy) is 1. The maximum absolute atomic E-state index is 12.2. The second kappa shape index (κ2) is 7.04. The first-order valence-electron chi connectivity index (χ1n) is 7.96. The number of rotatable bonds is 4. The summed E-state index contributed by atoms with van der Waals surface area (Å²) in [4.78, 5) is 35.8. The van der Waals surface area contributed by atoms with Gasteiger partial charge in [0.25, 0.3) is 5.56 Å². The van der Waals surface area contributed by atoms with Crippen LogP contribution in [0.15, 0.2) is 46.0 Å². The van der Waals surface area contributed by atoms with E-state index in [0.717, 1.165) is 10.1 Å². The normalized spacial score (nSPS) is 19.8. The molecule has 0 amide bonds. The Morgan fingerprint density at radius 1 is 1.16 bits per heavy atom. The van der Waals surface area contributed by atoms with Crippen molar-refractivity contribution >= 4 is 5.97 Å². The molecule has 1 aromatic carbocycles. The highest BCUT2D eigenvalue weighted by molar-refractivity contribution is 5.76. The molecule has 1 aliphatic rings. The Morgan fingerprint density at radius 3 is 2.60 bits per heavy atom. The zero-order chi connectivity index (χ0) is 18.0. The van der Waals surface area contributed by atoms with Crippen LogP contribution in [0.2, 0.25) is 0 Å². The average Bonchev–Trinajstić information content (AvgIpc) is 3.12. The molecule has 25 heavy (non-hydrogen) atoms. The topological polar surface area (TPSA) is 94.4 Å². The van der Waals surface area contributed by atoms with Gasteiger partial charge in [0.15, 0.2) is 0 Å². The van der Waals surface area contributed by atoms with E-state index in [1.807, 2.05) is 30.3 Å². The van der Waals surface area contributed by atoms with Crippen LogP contribution in [-0.4, -0.2) is 21.1 Å². The highest BCUT2D eigenvalue weighted by atomic mass is 16.5. The number of benzene rings is 1. The molecule has 0 saturated carbocycles. The van der Waals surface area contributed by atoms with Crippen LogP contribution in [0.1, 0.15) is 23.7 Å². The lowest BCUT2D eigenvalue weighted by atomic mass is 10.0. The molecule has 2 atom stereocenters. The zero-order valence-corrected chi connectivity index (χ0v) is 14.1. The van der Waals surface area contributed by atoms with Crippen molar-refractivity contribution in [3.05, 3.63) is 68.5 Å². The molecule has 1 aromatic heterocycles. The van der Waals surface area contributed by atoms with Crippen LogP contribution in [0.5, 0.6) is 0 Å². The van der Waals surface area contributed by atoms with Gasteiger partial charge in [-0.25, -0.2) is 15.6 Å². The smallest absolute Gasteiger partial charge is 0.330 e. The SMILES string of the molecule is Cn1c(COC(=O)C2CC(c3ccccc3)NN2)cc(=O)n(C)c1=O. The molecule has 0 spiro atoms. The van der Waals surface area contributed by atoms with Gasteiger partial charge in [-0.1, -0.05) is 30.3 Å². The van der Waals surface area contributed by atoms with Crippen LogP contribution in [0.3, 0.4) is 0 Å². The molecule has 2 unspecified atom stereocenters. The van der Waals surface area contributed by atoms with Crippen LogP contribution in [0, 0.1) is 0 Å². The third kappa shape index (κ3) is 3.54. The summed E-state index contributed by atoms with van der Waals surface area (Å²) >= 11 is 0. The minimum atomic E-state index is -0.492. The van der Waals surface area contributed by atoms with Crippen LogP contribution in [-0.2, 0) is 30.2 Å². The molecule has 1 aliphatic heterocycles. The highest BCUT2D eigenvalue weighted by Crippen LogP contribution is 2.22. The molecule has 2 heterocycles. The predicted molar refractivity (Wildman–Crippen MR) is 90.6 cm³/mol. The number of hydrogen-bond donors (Lipinski definition) is 2. The Bertz CT molecular complexity index is 888. The number of nitrogens with one attached hydrogen (secondary N) is 2. The second-order valence-electron chi connectivity index (χ2n) is 6.02. The zero-order valence-electron chi connectivity index (χ0n) is 14.1. The molecule has 2 aromatic rings. The Labute approximate surface area is 144 Å². The van der Waals surface area contributed by atoms with Crippen molar-refractivity contribution in [3.8, 4) is 0 Å². The van der Waals surface area contributed by atoms with E-state index >= 15 is 0 Å². The number of carbonyl (C=O) groups is 1. The molecular formula is C17H20N4O4. The van der Waals surface area contributed by atoms with Gasteiger partial charge in [-0.15, -0.1) is 0 Å². The van der Waals surface area contributed by atoms with Gasteiger partial charge in [-0.05, 0) is 12.0 Å². The van der Waals surface area contributed by atoms with Gasteiger partial charge in [-0.2, -0.15) is 0 Å². The fourth-order valence-electron chi connectivity index (χ4n) is 2.78. The van der Waals surface area contributed by atoms with Crippen LogP contribution in [0.4, 0.5) is 0 Å². The van der Waals surface area contributed by atoms with Gasteiger partial charge < -0.3 is 4.74 Å². The highest BCUT2D eigenvalue weighted by Gasteiger charge is 2.31. The number of nitrogens with zero attached hydrogens (tertiary/aromatic N) is 2. The maximum Gasteiger partial charge on any atom is 0.330 e. The molecular weight excluding hydrogens is 324 g/mol. The Balaban J connectivity index is 1.63. The van der Waals surface area contributed by atoms with E-state index in [1.54, 1.807) is 0 Å². The van der Waals surface area contributed by atoms with Crippen molar-refractivity contribution in [1.82, 2.24) is 20.0 Å². The van der Waals surface area contributed by atoms with Crippen molar-refractivity contribution in [1.29, 1.82) is 0 Å². The van der Waals surface area contributed by atoms with Gasteiger partial charge >= 0.3 is 11.7 Å². The first-order valence-corrected chi connectivity index (χ1v) is 7.96. The molecule has 8 nitrogen and oxygen atoms in total. The first kappa shape index (κ1) is 17.1. The van der Waals surface area contributed by atoms with E-state index in [9.17, 15) is 14.4 Å². The molecule has 0 radical (unpaired) electrons. The third-order valence-electron chi connectivity index (χ3n) is 4.38. The molecule has 132 valence electrons. The molecule has 2 N–H and O–H groups in total. The van der Waals surface area contributed by atoms with Crippen LogP contribution >= 0.6 is 0 Å². The Kier molecular flexibility index (Phi) is 4.82. The fraction of sp³-hybridized carbons (Fsp3) is 0.353. The van der Waals surface area contributed by atoms with Gasteiger partial charge in [0, 0.05) is 26.2 Å². The van der Waals surface area contributed by atoms with E-state index in [1.165, 1.54) is 24.7 Å². The van der Waals surface area contributed by atoms with E-state index in [2.05, 4.69) is 10.9 Å². The summed E-state index contributed by atoms with van der Waals surface area (Å²) in [6.07, 6.45) is 0.554. The van der Waals surface area contributed by atoms with Crippen molar-refractivity contribution in [2.24, 2.45) is 14.1 Å². The summed E-state index contributed by atoms with van der Waals surface area (Å²) in [7, 11) is 2.93. The molecule has 1 saturated heterocycles. The summed E-state index contributed by atoms with van der Waals surface area (Å²) in [5.41, 5.74) is 6.56. The van der Waals surface area contributed by atoms with E-state index in [0.29, 0.717) is 12.1 Å². The molecule has 0 aliphatic carbocycles. The van der Waals surface area contributed by atoms with Crippen molar-refractivity contribution < 1.29 is 9.53 Å². The predicted octanol–water partition coefficient (Wildman–Crippen LogP) is -0.265. The van der Waals surface area contributed by atoms with E-state index in [-0.39, 0.29) is 12.6 Å². The van der Waals surface area contributed by atoms with Crippen molar-refractivity contribution in [3.63, 3.8) is 0 Å². The van der Waals surface area contributed by atoms with Gasteiger partial charge in [0.05, 0.1) is 5.69 Å². The number of hydrogen-bond acceptors (Lipinski definition) is 6. The standard InChI is InChI=1S/C17H20N4O4/c1-20-12(8-15(22)21(2)17(20)24)10-25-16(23)14-9-13(18-19-14)11-6-4-3-5-7-11/h3-8,13-14,18-19H,9-10H2,1-2H3. The number of hydrazine groups is 1. The second-order valence-corrected chi connectivity index (χ2v) is 6.02. The van der Waals surface area contributed by atoms with Gasteiger partial charge in [0.1, 0.15) is 12.6 Å². The summed E-state index contributed by atoms with van der Waals surface area (Å²) in [5.74, 6) is -0.431. The summed E-state index contributed by atoms with van der Waals surface area (Å²) < 4.78 is 7.57. The summed E-state index contributed by atoms with van der Waals surface area (Å²) in [6.45, 7) is -0.130. The average molecular weight is 344 g/mol. The molecule has 0 bridgehead atoms. The van der Waals surface area contributed by atoms with Gasteiger partial charge in [0.2, 0.25) is 0 Å². The maximum atomic E-state index is 12.2. The van der Waals surface area contributed by atoms with Crippen molar-refractivity contribution in [2.75, 3.05) is 0 Å². The monoisotopic (exact) mass is 344 g/mol. The molecule has 3 rings (SSSR count). The largest absolute Gasteiger partial charge is 0.458 e. The number of esters is 1. The molecule has 8 heteroatoms. The first-order chi connectivity index (χ1) is 12.0.